The molecule has 0 bridgehead atoms. The summed E-state index contributed by atoms with van der Waals surface area (Å²) >= 11 is 0. The Morgan fingerprint density at radius 3 is 2.68 bits per heavy atom. The molecule has 3 rings (SSSR count). The largest absolute Gasteiger partial charge is 0.441 e. The third-order valence-electron chi connectivity index (χ3n) is 4.76. The monoisotopic (exact) mass is 302 g/mol. The standard InChI is InChI=1S/C17H22N2O3/c1-13-4-2-3-5-14(13)6-7-15(20)19-10-8-17(9-11-19)12-18-16(21)22-17/h2-5H,6-12H2,1H3,(H,18,21). The lowest BCUT2D eigenvalue weighted by Crippen LogP contribution is -2.48. The first-order valence-corrected chi connectivity index (χ1v) is 7.87. The van der Waals surface area contributed by atoms with Crippen LogP contribution in [0, 0.1) is 6.92 Å². The van der Waals surface area contributed by atoms with E-state index in [9.17, 15) is 9.59 Å². The molecule has 0 aliphatic carbocycles. The summed E-state index contributed by atoms with van der Waals surface area (Å²) in [7, 11) is 0. The van der Waals surface area contributed by atoms with Gasteiger partial charge in [0, 0.05) is 32.4 Å². The summed E-state index contributed by atoms with van der Waals surface area (Å²) in [5.41, 5.74) is 2.08. The fraction of sp³-hybridized carbons (Fsp3) is 0.529. The summed E-state index contributed by atoms with van der Waals surface area (Å²) in [4.78, 5) is 25.5. The number of aryl methyl sites for hydroxylation is 2. The van der Waals surface area contributed by atoms with Crippen LogP contribution < -0.4 is 5.32 Å². The zero-order chi connectivity index (χ0) is 15.6. The lowest BCUT2D eigenvalue weighted by molar-refractivity contribution is -0.134. The number of benzene rings is 1. The van der Waals surface area contributed by atoms with Crippen molar-refractivity contribution in [3.05, 3.63) is 35.4 Å². The first-order valence-electron chi connectivity index (χ1n) is 7.87. The minimum Gasteiger partial charge on any atom is -0.441 e. The van der Waals surface area contributed by atoms with Gasteiger partial charge in [-0.15, -0.1) is 0 Å². The zero-order valence-electron chi connectivity index (χ0n) is 12.9. The van der Waals surface area contributed by atoms with Crippen LogP contribution >= 0.6 is 0 Å². The Morgan fingerprint density at radius 2 is 2.05 bits per heavy atom. The molecule has 2 fully saturated rings. The topological polar surface area (TPSA) is 58.6 Å². The fourth-order valence-corrected chi connectivity index (χ4v) is 3.23. The minimum atomic E-state index is -0.385. The number of rotatable bonds is 3. The van der Waals surface area contributed by atoms with Crippen LogP contribution in [0.2, 0.25) is 0 Å². The van der Waals surface area contributed by atoms with Gasteiger partial charge in [-0.25, -0.2) is 4.79 Å². The van der Waals surface area contributed by atoms with Crippen LogP contribution in [0.3, 0.4) is 0 Å². The van der Waals surface area contributed by atoms with Gasteiger partial charge in [0.15, 0.2) is 0 Å². The number of hydrogen-bond donors (Lipinski definition) is 1. The molecule has 0 saturated carbocycles. The Hall–Kier alpha value is -2.04. The quantitative estimate of drug-likeness (QED) is 0.929. The molecule has 2 amide bonds. The van der Waals surface area contributed by atoms with Crippen LogP contribution in [0.25, 0.3) is 0 Å². The van der Waals surface area contributed by atoms with Gasteiger partial charge in [0.25, 0.3) is 0 Å². The molecule has 0 radical (unpaired) electrons. The molecule has 5 heteroatoms. The molecule has 2 aliphatic rings. The van der Waals surface area contributed by atoms with E-state index < -0.39 is 0 Å². The van der Waals surface area contributed by atoms with Crippen molar-refractivity contribution in [2.24, 2.45) is 0 Å². The third-order valence-corrected chi connectivity index (χ3v) is 4.76. The number of alkyl carbamates (subject to hydrolysis) is 1. The highest BCUT2D eigenvalue weighted by molar-refractivity contribution is 5.77. The number of nitrogens with zero attached hydrogens (tertiary/aromatic N) is 1. The van der Waals surface area contributed by atoms with Crippen molar-refractivity contribution in [1.82, 2.24) is 10.2 Å². The Kier molecular flexibility index (Phi) is 4.05. The molecule has 0 unspecified atom stereocenters. The maximum atomic E-state index is 12.4. The van der Waals surface area contributed by atoms with E-state index in [1.54, 1.807) is 0 Å². The normalized spacial score (nSPS) is 19.9. The highest BCUT2D eigenvalue weighted by Gasteiger charge is 2.43. The number of nitrogens with one attached hydrogen (secondary N) is 1. The van der Waals surface area contributed by atoms with E-state index in [-0.39, 0.29) is 17.6 Å². The van der Waals surface area contributed by atoms with Crippen LogP contribution in [0.1, 0.15) is 30.4 Å². The number of amides is 2. The van der Waals surface area contributed by atoms with E-state index in [1.165, 1.54) is 11.1 Å². The number of hydrogen-bond acceptors (Lipinski definition) is 3. The first kappa shape index (κ1) is 14.9. The number of piperidine rings is 1. The van der Waals surface area contributed by atoms with Gasteiger partial charge in [0.2, 0.25) is 5.91 Å². The highest BCUT2D eigenvalue weighted by Crippen LogP contribution is 2.29. The predicted molar refractivity (Wildman–Crippen MR) is 82.5 cm³/mol. The molecule has 1 N–H and O–H groups in total. The van der Waals surface area contributed by atoms with Crippen molar-refractivity contribution in [1.29, 1.82) is 0 Å². The van der Waals surface area contributed by atoms with E-state index in [2.05, 4.69) is 24.4 Å². The van der Waals surface area contributed by atoms with E-state index >= 15 is 0 Å². The zero-order valence-corrected chi connectivity index (χ0v) is 12.9. The van der Waals surface area contributed by atoms with Gasteiger partial charge in [-0.2, -0.15) is 0 Å². The van der Waals surface area contributed by atoms with E-state index in [0.29, 0.717) is 26.1 Å². The molecule has 1 aromatic rings. The Balaban J connectivity index is 1.50. The van der Waals surface area contributed by atoms with E-state index in [4.69, 9.17) is 4.74 Å². The van der Waals surface area contributed by atoms with Gasteiger partial charge in [0.05, 0.1) is 6.54 Å². The molecule has 5 nitrogen and oxygen atoms in total. The van der Waals surface area contributed by atoms with Gasteiger partial charge in [-0.3, -0.25) is 4.79 Å². The molecular weight excluding hydrogens is 280 g/mol. The van der Waals surface area contributed by atoms with Crippen LogP contribution in [0.15, 0.2) is 24.3 Å². The first-order chi connectivity index (χ1) is 10.6. The van der Waals surface area contributed by atoms with Crippen LogP contribution in [-0.2, 0) is 16.0 Å². The van der Waals surface area contributed by atoms with Crippen LogP contribution in [0.5, 0.6) is 0 Å². The van der Waals surface area contributed by atoms with Crippen molar-refractivity contribution in [2.45, 2.75) is 38.2 Å². The third kappa shape index (κ3) is 3.08. The SMILES string of the molecule is Cc1ccccc1CCC(=O)N1CCC2(CC1)CNC(=O)O2. The fourth-order valence-electron chi connectivity index (χ4n) is 3.23. The molecular formula is C17H22N2O3. The average Bonchev–Trinajstić information content (AvgIpc) is 2.87. The van der Waals surface area contributed by atoms with E-state index in [1.807, 2.05) is 17.0 Å². The molecule has 118 valence electrons. The van der Waals surface area contributed by atoms with Gasteiger partial charge in [0.1, 0.15) is 5.60 Å². The molecule has 0 atom stereocenters. The van der Waals surface area contributed by atoms with Crippen molar-refractivity contribution in [2.75, 3.05) is 19.6 Å². The molecule has 0 aromatic heterocycles. The second-order valence-corrected chi connectivity index (χ2v) is 6.23. The second kappa shape index (κ2) is 5.99. The van der Waals surface area contributed by atoms with Crippen molar-refractivity contribution >= 4 is 12.0 Å². The summed E-state index contributed by atoms with van der Waals surface area (Å²) < 4.78 is 5.37. The predicted octanol–water partition coefficient (Wildman–Crippen LogP) is 2.03. The highest BCUT2D eigenvalue weighted by atomic mass is 16.6. The average molecular weight is 302 g/mol. The minimum absolute atomic E-state index is 0.190. The number of carbonyl (C=O) groups is 2. The summed E-state index contributed by atoms with van der Waals surface area (Å²) in [5.74, 6) is 0.190. The Bertz CT molecular complexity index is 577. The molecule has 22 heavy (non-hydrogen) atoms. The second-order valence-electron chi connectivity index (χ2n) is 6.23. The van der Waals surface area contributed by atoms with Crippen LogP contribution in [-0.4, -0.2) is 42.1 Å². The Morgan fingerprint density at radius 1 is 1.32 bits per heavy atom. The van der Waals surface area contributed by atoms with Crippen molar-refractivity contribution in [3.63, 3.8) is 0 Å². The molecule has 2 aliphatic heterocycles. The van der Waals surface area contributed by atoms with Crippen LogP contribution in [0.4, 0.5) is 4.79 Å². The van der Waals surface area contributed by atoms with E-state index in [0.717, 1.165) is 19.3 Å². The number of carbonyl (C=O) groups excluding carboxylic acids is 2. The van der Waals surface area contributed by atoms with Gasteiger partial charge >= 0.3 is 6.09 Å². The van der Waals surface area contributed by atoms with Crippen molar-refractivity contribution < 1.29 is 14.3 Å². The molecule has 2 saturated heterocycles. The molecule has 1 spiro atoms. The number of ether oxygens (including phenoxy) is 1. The molecule has 2 heterocycles. The molecule has 1 aromatic carbocycles. The smallest absolute Gasteiger partial charge is 0.407 e. The van der Waals surface area contributed by atoms with Gasteiger partial charge in [-0.1, -0.05) is 24.3 Å². The summed E-state index contributed by atoms with van der Waals surface area (Å²) in [5, 5.41) is 2.71. The number of likely N-dealkylation sites (tertiary alicyclic amines) is 1. The van der Waals surface area contributed by atoms with Gasteiger partial charge in [-0.05, 0) is 24.5 Å². The maximum Gasteiger partial charge on any atom is 0.407 e. The lowest BCUT2D eigenvalue weighted by atomic mass is 9.91. The lowest BCUT2D eigenvalue weighted by Gasteiger charge is -2.37. The maximum absolute atomic E-state index is 12.4. The van der Waals surface area contributed by atoms with Gasteiger partial charge < -0.3 is 15.0 Å². The van der Waals surface area contributed by atoms with Crippen molar-refractivity contribution in [3.8, 4) is 0 Å². The summed E-state index contributed by atoms with van der Waals surface area (Å²) in [6, 6.07) is 8.18. The summed E-state index contributed by atoms with van der Waals surface area (Å²) in [6.07, 6.45) is 2.43. The Labute approximate surface area is 130 Å². The summed E-state index contributed by atoms with van der Waals surface area (Å²) in [6.45, 7) is 3.98.